The van der Waals surface area contributed by atoms with E-state index in [0.29, 0.717) is 35.2 Å². The second kappa shape index (κ2) is 11.7. The highest BCUT2D eigenvalue weighted by atomic mass is 35.5. The van der Waals surface area contributed by atoms with Gasteiger partial charge in [0.15, 0.2) is 17.3 Å². The molecule has 0 aliphatic rings. The lowest BCUT2D eigenvalue weighted by Gasteiger charge is -2.32. The van der Waals surface area contributed by atoms with Gasteiger partial charge in [-0.1, -0.05) is 66.9 Å². The zero-order valence-electron chi connectivity index (χ0n) is 18.9. The first kappa shape index (κ1) is 26.0. The molecule has 5 nitrogen and oxygen atoms in total. The molecule has 0 spiro atoms. The average molecular weight is 520 g/mol. The molecule has 0 amide bonds. The van der Waals surface area contributed by atoms with Crippen molar-refractivity contribution in [2.45, 2.75) is 32.3 Å². The van der Waals surface area contributed by atoms with Gasteiger partial charge in [-0.2, -0.15) is 0 Å². The van der Waals surface area contributed by atoms with E-state index >= 15 is 0 Å². The van der Waals surface area contributed by atoms with E-state index in [9.17, 15) is 4.79 Å². The van der Waals surface area contributed by atoms with Gasteiger partial charge in [0.25, 0.3) is 0 Å². The molecule has 3 aromatic rings. The van der Waals surface area contributed by atoms with E-state index in [2.05, 4.69) is 4.98 Å². The fourth-order valence-corrected chi connectivity index (χ4v) is 3.66. The van der Waals surface area contributed by atoms with E-state index in [1.165, 1.54) is 18.3 Å². The van der Waals surface area contributed by atoms with E-state index < -0.39 is 5.60 Å². The normalized spacial score (nSPS) is 11.6. The Hall–Kier alpha value is -2.57. The Morgan fingerprint density at radius 1 is 1.03 bits per heavy atom. The lowest BCUT2D eigenvalue weighted by Crippen LogP contribution is -2.42. The van der Waals surface area contributed by atoms with Gasteiger partial charge in [0.05, 0.1) is 15.6 Å². The first-order chi connectivity index (χ1) is 16.3. The first-order valence-electron chi connectivity index (χ1n) is 10.8. The van der Waals surface area contributed by atoms with Gasteiger partial charge in [0.2, 0.25) is 5.88 Å². The minimum absolute atomic E-state index is 0.114. The van der Waals surface area contributed by atoms with Gasteiger partial charge in [-0.3, -0.25) is 4.79 Å². The highest BCUT2D eigenvalue weighted by Gasteiger charge is 2.29. The number of rotatable bonds is 10. The van der Waals surface area contributed by atoms with E-state index in [4.69, 9.17) is 50.0 Å². The number of hydrogen-bond donors (Lipinski definition) is 1. The van der Waals surface area contributed by atoms with E-state index in [1.807, 2.05) is 26.0 Å². The van der Waals surface area contributed by atoms with Crippen LogP contribution in [0.4, 0.5) is 0 Å². The molecule has 2 N–H and O–H groups in total. The Kier molecular flexibility index (Phi) is 8.97. The number of halogens is 3. The Morgan fingerprint density at radius 3 is 2.29 bits per heavy atom. The summed E-state index contributed by atoms with van der Waals surface area (Å²) in [5, 5.41) is 1.21. The van der Waals surface area contributed by atoms with Crippen LogP contribution in [0.3, 0.4) is 0 Å². The number of nitrogens with zero attached hydrogens (tertiary/aromatic N) is 1. The van der Waals surface area contributed by atoms with Crippen LogP contribution >= 0.6 is 34.8 Å². The van der Waals surface area contributed by atoms with Gasteiger partial charge in [-0.25, -0.2) is 4.98 Å². The molecule has 0 saturated carbocycles. The van der Waals surface area contributed by atoms with Crippen LogP contribution in [0, 0.1) is 0 Å². The molecule has 1 aromatic heterocycles. The summed E-state index contributed by atoms with van der Waals surface area (Å²) in [4.78, 5) is 17.2. The fraction of sp³-hybridized carbons (Fsp3) is 0.231. The lowest BCUT2D eigenvalue weighted by atomic mass is 9.97. The highest BCUT2D eigenvalue weighted by molar-refractivity contribution is 6.42. The Labute approximate surface area is 214 Å². The predicted molar refractivity (Wildman–Crippen MR) is 139 cm³/mol. The highest BCUT2D eigenvalue weighted by Crippen LogP contribution is 2.41. The molecule has 0 aliphatic heterocycles. The van der Waals surface area contributed by atoms with Crippen molar-refractivity contribution in [3.05, 3.63) is 87.0 Å². The minimum Gasteiger partial charge on any atom is -0.482 e. The largest absolute Gasteiger partial charge is 0.482 e. The topological polar surface area (TPSA) is 74.4 Å². The van der Waals surface area contributed by atoms with Crippen molar-refractivity contribution in [3.63, 3.8) is 0 Å². The lowest BCUT2D eigenvalue weighted by molar-refractivity contribution is 0.0663. The summed E-state index contributed by atoms with van der Waals surface area (Å²) in [5.41, 5.74) is 6.52. The van der Waals surface area contributed by atoms with Crippen LogP contribution in [0.5, 0.6) is 17.4 Å². The van der Waals surface area contributed by atoms with Gasteiger partial charge in [-0.05, 0) is 48.7 Å². The SMILES string of the molecule is CCC(CC)(CN)Oc1cc(Cl)c(Cl)cc1Oc1ncccc1C(=O)C=Cc1ccc(Cl)cc1. The smallest absolute Gasteiger partial charge is 0.230 e. The van der Waals surface area contributed by atoms with Crippen LogP contribution in [-0.4, -0.2) is 22.9 Å². The van der Waals surface area contributed by atoms with Gasteiger partial charge >= 0.3 is 0 Å². The zero-order valence-corrected chi connectivity index (χ0v) is 21.1. The summed E-state index contributed by atoms with van der Waals surface area (Å²) in [7, 11) is 0. The van der Waals surface area contributed by atoms with Crippen molar-refractivity contribution in [1.82, 2.24) is 4.98 Å². The van der Waals surface area contributed by atoms with Crippen LogP contribution in [-0.2, 0) is 0 Å². The molecule has 0 aliphatic carbocycles. The molecular formula is C26H25Cl3N2O3. The van der Waals surface area contributed by atoms with Crippen LogP contribution in [0.15, 0.2) is 60.8 Å². The van der Waals surface area contributed by atoms with Crippen LogP contribution in [0.2, 0.25) is 15.1 Å². The summed E-state index contributed by atoms with van der Waals surface area (Å²) >= 11 is 18.4. The molecule has 0 radical (unpaired) electrons. The van der Waals surface area contributed by atoms with Crippen molar-refractivity contribution in [3.8, 4) is 17.4 Å². The number of ether oxygens (including phenoxy) is 2. The number of allylic oxidation sites excluding steroid dienone is 1. The summed E-state index contributed by atoms with van der Waals surface area (Å²) in [6, 6.07) is 13.6. The van der Waals surface area contributed by atoms with Gasteiger partial charge < -0.3 is 15.2 Å². The van der Waals surface area contributed by atoms with Crippen molar-refractivity contribution < 1.29 is 14.3 Å². The van der Waals surface area contributed by atoms with Gasteiger partial charge in [-0.15, -0.1) is 0 Å². The number of nitrogens with two attached hydrogens (primary N) is 1. The van der Waals surface area contributed by atoms with Crippen molar-refractivity contribution in [1.29, 1.82) is 0 Å². The molecule has 0 fully saturated rings. The van der Waals surface area contributed by atoms with Crippen molar-refractivity contribution in [2.75, 3.05) is 6.54 Å². The van der Waals surface area contributed by atoms with E-state index in [-0.39, 0.29) is 28.0 Å². The predicted octanol–water partition coefficient (Wildman–Crippen LogP) is 7.63. The van der Waals surface area contributed by atoms with Crippen molar-refractivity contribution in [2.24, 2.45) is 5.73 Å². The molecule has 1 heterocycles. The average Bonchev–Trinajstić information content (AvgIpc) is 2.85. The first-order valence-corrected chi connectivity index (χ1v) is 11.9. The summed E-state index contributed by atoms with van der Waals surface area (Å²) in [5.74, 6) is 0.481. The van der Waals surface area contributed by atoms with E-state index in [1.54, 1.807) is 36.4 Å². The van der Waals surface area contributed by atoms with E-state index in [0.717, 1.165) is 5.56 Å². The zero-order chi connectivity index (χ0) is 24.7. The summed E-state index contributed by atoms with van der Waals surface area (Å²) in [6.45, 7) is 4.30. The molecule has 8 heteroatoms. The number of ketones is 1. The summed E-state index contributed by atoms with van der Waals surface area (Å²) in [6.07, 6.45) is 6.05. The monoisotopic (exact) mass is 518 g/mol. The Balaban J connectivity index is 1.94. The minimum atomic E-state index is -0.598. The Morgan fingerprint density at radius 2 is 1.68 bits per heavy atom. The maximum absolute atomic E-state index is 12.9. The van der Waals surface area contributed by atoms with Crippen LogP contribution in [0.25, 0.3) is 6.08 Å². The molecule has 178 valence electrons. The number of carbonyl (C=O) groups is 1. The quantitative estimate of drug-likeness (QED) is 0.220. The second-order valence-corrected chi connectivity index (χ2v) is 8.87. The third-order valence-corrected chi connectivity index (χ3v) is 6.49. The third-order valence-electron chi connectivity index (χ3n) is 5.51. The maximum Gasteiger partial charge on any atom is 0.230 e. The van der Waals surface area contributed by atoms with Crippen LogP contribution < -0.4 is 15.2 Å². The summed E-state index contributed by atoms with van der Waals surface area (Å²) < 4.78 is 12.3. The standard InChI is InChI=1S/C26H25Cl3N2O3/c1-3-26(4-2,16-30)34-24-15-21(29)20(28)14-23(24)33-25-19(6-5-13-31-25)22(32)12-9-17-7-10-18(27)11-8-17/h5-15H,3-4,16,30H2,1-2H3. The molecule has 3 rings (SSSR count). The number of aromatic nitrogens is 1. The molecular weight excluding hydrogens is 495 g/mol. The van der Waals surface area contributed by atoms with Crippen LogP contribution in [0.1, 0.15) is 42.6 Å². The number of pyridine rings is 1. The molecule has 0 saturated heterocycles. The van der Waals surface area contributed by atoms with Gasteiger partial charge in [0, 0.05) is 29.9 Å². The number of benzene rings is 2. The third kappa shape index (κ3) is 6.30. The fourth-order valence-electron chi connectivity index (χ4n) is 3.23. The van der Waals surface area contributed by atoms with Gasteiger partial charge in [0.1, 0.15) is 5.60 Å². The number of carbonyl (C=O) groups excluding carboxylic acids is 1. The number of hydrogen-bond acceptors (Lipinski definition) is 5. The molecule has 2 aromatic carbocycles. The maximum atomic E-state index is 12.9. The molecule has 0 bridgehead atoms. The molecule has 0 unspecified atom stereocenters. The second-order valence-electron chi connectivity index (χ2n) is 7.62. The Bertz CT molecular complexity index is 1170. The molecule has 34 heavy (non-hydrogen) atoms. The van der Waals surface area contributed by atoms with Crippen molar-refractivity contribution >= 4 is 46.7 Å². The molecule has 0 atom stereocenters.